The molecule has 0 spiro atoms. The molecular formula is C27H33N3O5. The van der Waals surface area contributed by atoms with Gasteiger partial charge in [0, 0.05) is 18.7 Å². The van der Waals surface area contributed by atoms with Crippen LogP contribution in [-0.4, -0.2) is 68.4 Å². The Morgan fingerprint density at radius 1 is 1.09 bits per heavy atom. The zero-order valence-electron chi connectivity index (χ0n) is 20.3. The first-order valence-electron chi connectivity index (χ1n) is 12.4. The van der Waals surface area contributed by atoms with E-state index in [9.17, 15) is 14.4 Å². The largest absolute Gasteiger partial charge is 0.485 e. The summed E-state index contributed by atoms with van der Waals surface area (Å²) in [6, 6.07) is 12.5. The Bertz CT molecular complexity index is 1060. The molecule has 0 unspecified atom stereocenters. The number of carbonyl (C=O) groups is 3. The second-order valence-corrected chi connectivity index (χ2v) is 8.88. The van der Waals surface area contributed by atoms with Crippen molar-refractivity contribution in [2.75, 3.05) is 50.8 Å². The summed E-state index contributed by atoms with van der Waals surface area (Å²) < 4.78 is 11.3. The molecule has 4 rings (SSSR count). The lowest BCUT2D eigenvalue weighted by atomic mass is 10.1. The van der Waals surface area contributed by atoms with E-state index in [1.165, 1.54) is 24.2 Å². The summed E-state index contributed by atoms with van der Waals surface area (Å²) in [6.07, 6.45) is 4.47. The van der Waals surface area contributed by atoms with Crippen LogP contribution in [-0.2, 0) is 16.0 Å². The molecule has 186 valence electrons. The number of amides is 2. The summed E-state index contributed by atoms with van der Waals surface area (Å²) in [6.45, 7) is 5.12. The molecule has 0 aliphatic carbocycles. The Hall–Kier alpha value is -3.39. The molecule has 2 aliphatic heterocycles. The second-order valence-electron chi connectivity index (χ2n) is 8.88. The lowest BCUT2D eigenvalue weighted by molar-refractivity contribution is -0.125. The van der Waals surface area contributed by atoms with Gasteiger partial charge in [0.1, 0.15) is 18.0 Å². The van der Waals surface area contributed by atoms with E-state index in [0.29, 0.717) is 29.3 Å². The first-order chi connectivity index (χ1) is 17.0. The van der Waals surface area contributed by atoms with E-state index < -0.39 is 0 Å². The molecular weight excluding hydrogens is 446 g/mol. The minimum absolute atomic E-state index is 0.118. The number of ketones is 1. The molecule has 0 aromatic heterocycles. The topological polar surface area (TPSA) is 88.2 Å². The van der Waals surface area contributed by atoms with Crippen molar-refractivity contribution in [1.82, 2.24) is 10.2 Å². The number of nitrogens with zero attached hydrogens (tertiary/aromatic N) is 2. The molecule has 1 fully saturated rings. The lowest BCUT2D eigenvalue weighted by Crippen LogP contribution is -2.46. The Morgan fingerprint density at radius 3 is 2.69 bits per heavy atom. The molecule has 8 heteroatoms. The molecule has 1 N–H and O–H groups in total. The fourth-order valence-corrected chi connectivity index (χ4v) is 4.45. The van der Waals surface area contributed by atoms with Gasteiger partial charge in [0.15, 0.2) is 19.0 Å². The van der Waals surface area contributed by atoms with Crippen LogP contribution < -0.4 is 19.7 Å². The van der Waals surface area contributed by atoms with Crippen molar-refractivity contribution in [2.24, 2.45) is 0 Å². The van der Waals surface area contributed by atoms with E-state index in [4.69, 9.17) is 9.47 Å². The van der Waals surface area contributed by atoms with Crippen LogP contribution in [0.2, 0.25) is 0 Å². The maximum Gasteiger partial charge on any atom is 0.265 e. The quantitative estimate of drug-likeness (QED) is 0.528. The number of likely N-dealkylation sites (tertiary alicyclic amines) is 1. The van der Waals surface area contributed by atoms with Crippen LogP contribution in [0.5, 0.6) is 11.5 Å². The number of fused-ring (bicyclic) bond motifs is 1. The second kappa shape index (κ2) is 11.8. The van der Waals surface area contributed by atoms with Crippen LogP contribution in [0.3, 0.4) is 0 Å². The van der Waals surface area contributed by atoms with Crippen LogP contribution in [0, 0.1) is 0 Å². The van der Waals surface area contributed by atoms with Crippen LogP contribution >= 0.6 is 0 Å². The van der Waals surface area contributed by atoms with E-state index in [1.54, 1.807) is 18.2 Å². The SMILES string of the molecule is CCc1ccccc1OCC(=O)c1ccc2c(c1)N(CC(=O)NCCN1CCCCC1)C(=O)CO2. The van der Waals surface area contributed by atoms with Gasteiger partial charge < -0.3 is 19.7 Å². The predicted molar refractivity (Wildman–Crippen MR) is 133 cm³/mol. The molecule has 2 aliphatic rings. The third-order valence-electron chi connectivity index (χ3n) is 6.44. The average molecular weight is 480 g/mol. The molecule has 2 heterocycles. The Kier molecular flexibility index (Phi) is 8.36. The van der Waals surface area contributed by atoms with Crippen molar-refractivity contribution >= 4 is 23.3 Å². The minimum atomic E-state index is -0.318. The summed E-state index contributed by atoms with van der Waals surface area (Å²) in [5.74, 6) is 0.380. The highest BCUT2D eigenvalue weighted by atomic mass is 16.5. The van der Waals surface area contributed by atoms with Gasteiger partial charge in [-0.2, -0.15) is 0 Å². The van der Waals surface area contributed by atoms with Crippen LogP contribution in [0.25, 0.3) is 0 Å². The average Bonchev–Trinajstić information content (AvgIpc) is 2.89. The Morgan fingerprint density at radius 2 is 1.89 bits per heavy atom. The van der Waals surface area contributed by atoms with Crippen LogP contribution in [0.15, 0.2) is 42.5 Å². The standard InChI is InChI=1S/C27H33N3O5/c1-2-20-8-4-5-9-24(20)34-18-23(31)21-10-11-25-22(16-21)30(27(33)19-35-25)17-26(32)28-12-15-29-13-6-3-7-14-29/h4-5,8-11,16H,2-3,6-7,12-15,17-19H2,1H3,(H,28,32). The zero-order chi connectivity index (χ0) is 24.6. The first-order valence-corrected chi connectivity index (χ1v) is 12.4. The summed E-state index contributed by atoms with van der Waals surface area (Å²) in [7, 11) is 0. The van der Waals surface area contributed by atoms with Crippen LogP contribution in [0.4, 0.5) is 5.69 Å². The van der Waals surface area contributed by atoms with E-state index in [-0.39, 0.29) is 37.4 Å². The number of carbonyl (C=O) groups excluding carboxylic acids is 3. The maximum absolute atomic E-state index is 12.9. The van der Waals surface area contributed by atoms with E-state index >= 15 is 0 Å². The van der Waals surface area contributed by atoms with Gasteiger partial charge >= 0.3 is 0 Å². The number of hydrogen-bond donors (Lipinski definition) is 1. The number of aryl methyl sites for hydroxylation is 1. The van der Waals surface area contributed by atoms with Gasteiger partial charge in [0.25, 0.3) is 5.91 Å². The number of para-hydroxylation sites is 1. The number of ether oxygens (including phenoxy) is 2. The zero-order valence-corrected chi connectivity index (χ0v) is 20.3. The van der Waals surface area contributed by atoms with Gasteiger partial charge in [0.05, 0.1) is 5.69 Å². The lowest BCUT2D eigenvalue weighted by Gasteiger charge is -2.29. The van der Waals surface area contributed by atoms with E-state index in [0.717, 1.165) is 31.6 Å². The fraction of sp³-hybridized carbons (Fsp3) is 0.444. The monoisotopic (exact) mass is 479 g/mol. The molecule has 35 heavy (non-hydrogen) atoms. The Labute approximate surface area is 206 Å². The van der Waals surface area contributed by atoms with E-state index in [2.05, 4.69) is 10.2 Å². The molecule has 2 aromatic rings. The summed E-state index contributed by atoms with van der Waals surface area (Å²) in [5, 5.41) is 2.91. The number of Topliss-reactive ketones (excluding diaryl/α,β-unsaturated/α-hetero) is 1. The minimum Gasteiger partial charge on any atom is -0.485 e. The molecule has 0 atom stereocenters. The highest BCUT2D eigenvalue weighted by molar-refractivity contribution is 6.04. The number of piperidine rings is 1. The van der Waals surface area contributed by atoms with Gasteiger partial charge in [-0.05, 0) is 62.2 Å². The molecule has 0 saturated carbocycles. The van der Waals surface area contributed by atoms with Gasteiger partial charge in [0.2, 0.25) is 5.91 Å². The van der Waals surface area contributed by atoms with Crippen molar-refractivity contribution in [2.45, 2.75) is 32.6 Å². The fourth-order valence-electron chi connectivity index (χ4n) is 4.45. The van der Waals surface area contributed by atoms with E-state index in [1.807, 2.05) is 31.2 Å². The normalized spacial score (nSPS) is 15.8. The molecule has 0 radical (unpaired) electrons. The number of nitrogens with one attached hydrogen (secondary N) is 1. The van der Waals surface area contributed by atoms with Crippen molar-refractivity contribution in [3.8, 4) is 11.5 Å². The van der Waals surface area contributed by atoms with Gasteiger partial charge in [-0.3, -0.25) is 19.3 Å². The molecule has 2 aromatic carbocycles. The molecule has 1 saturated heterocycles. The van der Waals surface area contributed by atoms with Gasteiger partial charge in [-0.15, -0.1) is 0 Å². The third kappa shape index (κ3) is 6.39. The number of rotatable bonds is 10. The number of benzene rings is 2. The highest BCUT2D eigenvalue weighted by Crippen LogP contribution is 2.33. The number of anilines is 1. The summed E-state index contributed by atoms with van der Waals surface area (Å²) in [4.78, 5) is 41.8. The smallest absolute Gasteiger partial charge is 0.265 e. The van der Waals surface area contributed by atoms with Crippen molar-refractivity contribution in [3.63, 3.8) is 0 Å². The Balaban J connectivity index is 1.38. The van der Waals surface area contributed by atoms with Gasteiger partial charge in [-0.1, -0.05) is 31.5 Å². The molecule has 0 bridgehead atoms. The molecule has 8 nitrogen and oxygen atoms in total. The van der Waals surface area contributed by atoms with Gasteiger partial charge in [-0.25, -0.2) is 0 Å². The highest BCUT2D eigenvalue weighted by Gasteiger charge is 2.28. The molecule has 2 amide bonds. The third-order valence-corrected chi connectivity index (χ3v) is 6.44. The predicted octanol–water partition coefficient (Wildman–Crippen LogP) is 2.84. The number of hydrogen-bond acceptors (Lipinski definition) is 6. The summed E-state index contributed by atoms with van der Waals surface area (Å²) in [5.41, 5.74) is 1.85. The first kappa shape index (κ1) is 24.7. The maximum atomic E-state index is 12.9. The van der Waals surface area contributed by atoms with Crippen LogP contribution in [0.1, 0.15) is 42.1 Å². The van der Waals surface area contributed by atoms with Crippen molar-refractivity contribution in [1.29, 1.82) is 0 Å². The summed E-state index contributed by atoms with van der Waals surface area (Å²) >= 11 is 0. The van der Waals surface area contributed by atoms with Crippen molar-refractivity contribution in [3.05, 3.63) is 53.6 Å². The van der Waals surface area contributed by atoms with Crippen molar-refractivity contribution < 1.29 is 23.9 Å².